The van der Waals surface area contributed by atoms with E-state index in [0.29, 0.717) is 0 Å². The van der Waals surface area contributed by atoms with Crippen LogP contribution in [0.4, 0.5) is 5.82 Å². The number of rotatable bonds is 6. The highest BCUT2D eigenvalue weighted by atomic mass is 32.1. The van der Waals surface area contributed by atoms with Gasteiger partial charge in [0.2, 0.25) is 0 Å². The van der Waals surface area contributed by atoms with Crippen LogP contribution < -0.4 is 4.90 Å². The molecule has 0 atom stereocenters. The van der Waals surface area contributed by atoms with E-state index in [-0.39, 0.29) is 0 Å². The molecule has 0 N–H and O–H groups in total. The van der Waals surface area contributed by atoms with E-state index in [1.807, 2.05) is 11.3 Å². The fourth-order valence-corrected chi connectivity index (χ4v) is 6.60. The van der Waals surface area contributed by atoms with Crippen molar-refractivity contribution in [3.8, 4) is 0 Å². The van der Waals surface area contributed by atoms with Crippen LogP contribution in [0.5, 0.6) is 0 Å². The second-order valence-electron chi connectivity index (χ2n) is 9.49. The van der Waals surface area contributed by atoms with Gasteiger partial charge in [-0.25, -0.2) is 9.97 Å². The molecule has 2 saturated heterocycles. The molecule has 0 bridgehead atoms. The number of benzene rings is 1. The van der Waals surface area contributed by atoms with E-state index in [9.17, 15) is 0 Å². The van der Waals surface area contributed by atoms with Crippen molar-refractivity contribution < 1.29 is 4.74 Å². The summed E-state index contributed by atoms with van der Waals surface area (Å²) in [6.45, 7) is 9.54. The summed E-state index contributed by atoms with van der Waals surface area (Å²) in [6, 6.07) is 10.6. The average molecular weight is 476 g/mol. The Balaban J connectivity index is 1.19. The van der Waals surface area contributed by atoms with Crippen molar-refractivity contribution in [1.82, 2.24) is 19.8 Å². The van der Waals surface area contributed by atoms with E-state index in [2.05, 4.69) is 57.2 Å². The van der Waals surface area contributed by atoms with Gasteiger partial charge in [0, 0.05) is 50.7 Å². The van der Waals surface area contributed by atoms with E-state index in [4.69, 9.17) is 14.7 Å². The van der Waals surface area contributed by atoms with Crippen LogP contribution >= 0.6 is 11.3 Å². The Labute approximate surface area is 205 Å². The molecule has 0 spiro atoms. The minimum atomic E-state index is 0.809. The maximum absolute atomic E-state index is 5.53. The van der Waals surface area contributed by atoms with Crippen molar-refractivity contribution in [3.63, 3.8) is 0 Å². The number of fused-ring (bicyclic) bond motifs is 3. The van der Waals surface area contributed by atoms with Gasteiger partial charge < -0.3 is 9.64 Å². The first-order valence-electron chi connectivity index (χ1n) is 12.6. The van der Waals surface area contributed by atoms with E-state index < -0.39 is 0 Å². The summed E-state index contributed by atoms with van der Waals surface area (Å²) in [7, 11) is 0. The first kappa shape index (κ1) is 22.2. The van der Waals surface area contributed by atoms with Gasteiger partial charge in [-0.05, 0) is 30.4 Å². The maximum Gasteiger partial charge on any atom is 0.146 e. The Bertz CT molecular complexity index is 1150. The van der Waals surface area contributed by atoms with Crippen LogP contribution in [0.3, 0.4) is 0 Å². The third-order valence-corrected chi connectivity index (χ3v) is 8.39. The molecule has 1 aliphatic carbocycles. The summed E-state index contributed by atoms with van der Waals surface area (Å²) in [5.74, 6) is 2.16. The lowest BCUT2D eigenvalue weighted by Gasteiger charge is -2.35. The molecule has 0 amide bonds. The maximum atomic E-state index is 5.53. The summed E-state index contributed by atoms with van der Waals surface area (Å²) >= 11 is 1.91. The number of hydrogen-bond acceptors (Lipinski definition) is 7. The number of anilines is 1. The fraction of sp³-hybridized carbons (Fsp3) is 0.481. The SMILES string of the molecule is C(=C\c1ccccc1)/CN1CCN(c2nc(CN3CCOCC3)nc3sc4c(c23)CCC4)CC1. The number of thiophene rings is 1. The van der Waals surface area contributed by atoms with E-state index >= 15 is 0 Å². The summed E-state index contributed by atoms with van der Waals surface area (Å²) in [5.41, 5.74) is 2.80. The molecule has 6 nitrogen and oxygen atoms in total. The Morgan fingerprint density at radius 1 is 0.912 bits per heavy atom. The van der Waals surface area contributed by atoms with Crippen LogP contribution in [0.2, 0.25) is 0 Å². The third kappa shape index (κ3) is 4.75. The molecule has 6 rings (SSSR count). The summed E-state index contributed by atoms with van der Waals surface area (Å²) in [5, 5.41) is 1.35. The van der Waals surface area contributed by atoms with Gasteiger partial charge in [0.05, 0.1) is 25.1 Å². The Morgan fingerprint density at radius 2 is 1.74 bits per heavy atom. The molecule has 2 aliphatic heterocycles. The number of piperazine rings is 1. The van der Waals surface area contributed by atoms with Crippen LogP contribution in [0, 0.1) is 0 Å². The molecule has 2 aromatic heterocycles. The van der Waals surface area contributed by atoms with Crippen molar-refractivity contribution in [2.75, 3.05) is 63.9 Å². The normalized spacial score (nSPS) is 19.9. The lowest BCUT2D eigenvalue weighted by atomic mass is 10.1. The standard InChI is InChI=1S/C27H33N5OS/c1-2-6-21(7-3-1)8-5-11-30-12-14-32(15-13-30)26-25-22-9-4-10-23(22)34-27(25)29-24(28-26)20-31-16-18-33-19-17-31/h1-3,5-8H,4,9-20H2/b8-5+. The van der Waals surface area contributed by atoms with Gasteiger partial charge in [-0.3, -0.25) is 9.80 Å². The number of morpholine rings is 1. The average Bonchev–Trinajstić information content (AvgIpc) is 3.47. The predicted octanol–water partition coefficient (Wildman–Crippen LogP) is 3.85. The topological polar surface area (TPSA) is 44.7 Å². The summed E-state index contributed by atoms with van der Waals surface area (Å²) in [4.78, 5) is 20.5. The molecular weight excluding hydrogens is 442 g/mol. The van der Waals surface area contributed by atoms with Crippen molar-refractivity contribution >= 4 is 33.4 Å². The second-order valence-corrected chi connectivity index (χ2v) is 10.6. The van der Waals surface area contributed by atoms with E-state index in [1.165, 1.54) is 46.4 Å². The molecule has 4 heterocycles. The van der Waals surface area contributed by atoms with Gasteiger partial charge in [0.15, 0.2) is 0 Å². The molecule has 34 heavy (non-hydrogen) atoms. The van der Waals surface area contributed by atoms with Gasteiger partial charge in [0.1, 0.15) is 16.5 Å². The molecule has 0 unspecified atom stereocenters. The van der Waals surface area contributed by atoms with Crippen LogP contribution in [0.1, 0.15) is 28.2 Å². The highest BCUT2D eigenvalue weighted by Gasteiger charge is 2.27. The molecule has 0 radical (unpaired) electrons. The molecule has 2 fully saturated rings. The minimum Gasteiger partial charge on any atom is -0.379 e. The van der Waals surface area contributed by atoms with Gasteiger partial charge >= 0.3 is 0 Å². The number of aromatic nitrogens is 2. The van der Waals surface area contributed by atoms with Gasteiger partial charge in [-0.15, -0.1) is 11.3 Å². The monoisotopic (exact) mass is 475 g/mol. The smallest absolute Gasteiger partial charge is 0.146 e. The molecule has 0 saturated carbocycles. The van der Waals surface area contributed by atoms with Crippen LogP contribution in [-0.2, 0) is 24.1 Å². The third-order valence-electron chi connectivity index (χ3n) is 7.21. The van der Waals surface area contributed by atoms with Crippen LogP contribution in [-0.4, -0.2) is 78.8 Å². The van der Waals surface area contributed by atoms with Crippen molar-refractivity contribution in [3.05, 3.63) is 58.2 Å². The zero-order valence-electron chi connectivity index (χ0n) is 19.8. The molecule has 7 heteroatoms. The van der Waals surface area contributed by atoms with Gasteiger partial charge in [-0.2, -0.15) is 0 Å². The molecule has 178 valence electrons. The molecular formula is C27H33N5OS. The number of nitrogens with zero attached hydrogens (tertiary/aromatic N) is 5. The first-order valence-corrected chi connectivity index (χ1v) is 13.5. The van der Waals surface area contributed by atoms with E-state index in [1.54, 1.807) is 4.88 Å². The van der Waals surface area contributed by atoms with Crippen LogP contribution in [0.25, 0.3) is 16.3 Å². The number of ether oxygens (including phenoxy) is 1. The largest absolute Gasteiger partial charge is 0.379 e. The van der Waals surface area contributed by atoms with Crippen molar-refractivity contribution in [2.24, 2.45) is 0 Å². The quantitative estimate of drug-likeness (QED) is 0.540. The number of aryl methyl sites for hydroxylation is 2. The zero-order chi connectivity index (χ0) is 22.7. The van der Waals surface area contributed by atoms with Crippen molar-refractivity contribution in [2.45, 2.75) is 25.8 Å². The Hall–Kier alpha value is -2.32. The Kier molecular flexibility index (Phi) is 6.60. The fourth-order valence-electron chi connectivity index (χ4n) is 5.32. The lowest BCUT2D eigenvalue weighted by Crippen LogP contribution is -2.46. The summed E-state index contributed by atoms with van der Waals surface area (Å²) < 4.78 is 5.53. The number of hydrogen-bond donors (Lipinski definition) is 0. The highest BCUT2D eigenvalue weighted by molar-refractivity contribution is 7.19. The summed E-state index contributed by atoms with van der Waals surface area (Å²) in [6.07, 6.45) is 8.18. The van der Waals surface area contributed by atoms with E-state index in [0.717, 1.165) is 71.4 Å². The first-order chi connectivity index (χ1) is 16.8. The molecule has 3 aliphatic rings. The lowest BCUT2D eigenvalue weighted by molar-refractivity contribution is 0.0331. The molecule has 3 aromatic rings. The van der Waals surface area contributed by atoms with Crippen molar-refractivity contribution in [1.29, 1.82) is 0 Å². The minimum absolute atomic E-state index is 0.809. The second kappa shape index (κ2) is 10.1. The van der Waals surface area contributed by atoms with Gasteiger partial charge in [0.25, 0.3) is 0 Å². The zero-order valence-corrected chi connectivity index (χ0v) is 20.6. The van der Waals surface area contributed by atoms with Gasteiger partial charge in [-0.1, -0.05) is 42.5 Å². The predicted molar refractivity (Wildman–Crippen MR) is 140 cm³/mol. The van der Waals surface area contributed by atoms with Crippen LogP contribution in [0.15, 0.2) is 36.4 Å². The molecule has 1 aromatic carbocycles. The highest BCUT2D eigenvalue weighted by Crippen LogP contribution is 2.40. The Morgan fingerprint density at radius 3 is 2.56 bits per heavy atom.